The highest BCUT2D eigenvalue weighted by Crippen LogP contribution is 2.25. The highest BCUT2D eigenvalue weighted by atomic mass is 35.5. The molecular weight excluding hydrogens is 435 g/mol. The lowest BCUT2D eigenvalue weighted by Crippen LogP contribution is -2.35. The van der Waals surface area contributed by atoms with E-state index in [0.29, 0.717) is 24.6 Å². The van der Waals surface area contributed by atoms with Gasteiger partial charge in [0.1, 0.15) is 11.6 Å². The van der Waals surface area contributed by atoms with Gasteiger partial charge in [0, 0.05) is 33.1 Å². The Morgan fingerprint density at radius 1 is 1.32 bits per heavy atom. The number of halogens is 1. The van der Waals surface area contributed by atoms with E-state index in [2.05, 4.69) is 14.5 Å². The molecule has 0 aromatic carbocycles. The number of aliphatic hydroxyl groups excluding tert-OH is 1. The second kappa shape index (κ2) is 13.5. The number of nitrogens with zero attached hydrogens (tertiary/aromatic N) is 3. The van der Waals surface area contributed by atoms with Crippen LogP contribution in [0.3, 0.4) is 0 Å². The number of thiazole rings is 1. The standard InChI is InChI=1S/C12H17N4OS.C2H4O2.ClH.H3O4P/c1-8-11(3-4-17)18-7-16(8)6-10-5-14-9(2)15-12(10)13;1-2(3)4;;1-5(2,3)4/h5,7,17H,3-4,6H2,1-2H3,(H2,13,14,15);1H3,(H,3,4);1H;(H3,1,2,3,4)/q+1;;;. The summed E-state index contributed by atoms with van der Waals surface area (Å²) in [6.07, 6.45) is 2.47. The predicted octanol–water partition coefficient (Wildman–Crippen LogP) is 0.192. The normalized spacial score (nSPS) is 9.96. The van der Waals surface area contributed by atoms with E-state index in [9.17, 15) is 0 Å². The first-order chi connectivity index (χ1) is 12.3. The number of nitrogen functional groups attached to an aromatic ring is 1. The Hall–Kier alpha value is -1.66. The zero-order valence-corrected chi connectivity index (χ0v) is 18.0. The molecule has 2 heterocycles. The molecule has 7 N–H and O–H groups in total. The first-order valence-corrected chi connectivity index (χ1v) is 9.92. The zero-order valence-electron chi connectivity index (χ0n) is 15.5. The number of rotatable bonds is 4. The molecule has 160 valence electrons. The van der Waals surface area contributed by atoms with Crippen molar-refractivity contribution in [1.82, 2.24) is 9.97 Å². The monoisotopic (exact) mass is 459 g/mol. The zero-order chi connectivity index (χ0) is 21.2. The van der Waals surface area contributed by atoms with E-state index in [-0.39, 0.29) is 19.0 Å². The van der Waals surface area contributed by atoms with Crippen LogP contribution in [0, 0.1) is 13.8 Å². The largest absolute Gasteiger partial charge is 0.481 e. The maximum absolute atomic E-state index is 9.00. The predicted molar refractivity (Wildman–Crippen MR) is 105 cm³/mol. The average molecular weight is 460 g/mol. The number of aromatic nitrogens is 3. The molecule has 0 aliphatic heterocycles. The summed E-state index contributed by atoms with van der Waals surface area (Å²) in [5.74, 6) is 0.383. The molecule has 0 radical (unpaired) electrons. The van der Waals surface area contributed by atoms with Crippen molar-refractivity contribution in [3.63, 3.8) is 0 Å². The molecule has 0 amide bonds. The topological polar surface area (TPSA) is 191 Å². The molecule has 0 saturated carbocycles. The highest BCUT2D eigenvalue weighted by molar-refractivity contribution is 7.45. The number of hydrogen-bond acceptors (Lipinski definition) is 7. The number of aliphatic carboxylic acids is 1. The van der Waals surface area contributed by atoms with Gasteiger partial charge in [0.2, 0.25) is 5.51 Å². The van der Waals surface area contributed by atoms with E-state index >= 15 is 0 Å². The molecular formula is C14H25ClN4O7PS+. The van der Waals surface area contributed by atoms with Gasteiger partial charge in [-0.15, -0.1) is 12.4 Å². The van der Waals surface area contributed by atoms with Gasteiger partial charge in [-0.05, 0) is 6.92 Å². The van der Waals surface area contributed by atoms with Crippen LogP contribution in [0.2, 0.25) is 0 Å². The molecule has 2 aromatic heterocycles. The van der Waals surface area contributed by atoms with Crippen molar-refractivity contribution < 1.29 is 38.8 Å². The smallest absolute Gasteiger partial charge is 0.466 e. The summed E-state index contributed by atoms with van der Waals surface area (Å²) in [7, 11) is -4.64. The van der Waals surface area contributed by atoms with Gasteiger partial charge < -0.3 is 30.6 Å². The molecule has 2 aromatic rings. The van der Waals surface area contributed by atoms with Crippen LogP contribution in [0.15, 0.2) is 11.7 Å². The first kappa shape index (κ1) is 28.5. The third-order valence-corrected chi connectivity index (χ3v) is 4.00. The van der Waals surface area contributed by atoms with Crippen molar-refractivity contribution in [1.29, 1.82) is 0 Å². The van der Waals surface area contributed by atoms with Crippen LogP contribution in [-0.4, -0.2) is 47.4 Å². The van der Waals surface area contributed by atoms with Crippen LogP contribution in [0.1, 0.15) is 28.9 Å². The van der Waals surface area contributed by atoms with Gasteiger partial charge in [0.15, 0.2) is 12.2 Å². The van der Waals surface area contributed by atoms with E-state index in [1.807, 2.05) is 19.4 Å². The third kappa shape index (κ3) is 13.5. The van der Waals surface area contributed by atoms with Crippen molar-refractivity contribution in [3.05, 3.63) is 33.7 Å². The van der Waals surface area contributed by atoms with Crippen molar-refractivity contribution in [2.45, 2.75) is 33.7 Å². The third-order valence-electron chi connectivity index (χ3n) is 2.85. The lowest BCUT2D eigenvalue weighted by atomic mass is 10.2. The van der Waals surface area contributed by atoms with Crippen LogP contribution in [0.5, 0.6) is 0 Å². The molecule has 0 atom stereocenters. The first-order valence-electron chi connectivity index (χ1n) is 7.48. The van der Waals surface area contributed by atoms with E-state index in [1.165, 1.54) is 4.88 Å². The fraction of sp³-hybridized carbons (Fsp3) is 0.429. The number of nitrogens with two attached hydrogens (primary N) is 1. The van der Waals surface area contributed by atoms with Gasteiger partial charge >= 0.3 is 7.82 Å². The van der Waals surface area contributed by atoms with Gasteiger partial charge in [-0.25, -0.2) is 14.5 Å². The lowest BCUT2D eigenvalue weighted by Gasteiger charge is -2.01. The number of hydrogen-bond donors (Lipinski definition) is 6. The Balaban J connectivity index is 0. The van der Waals surface area contributed by atoms with Gasteiger partial charge in [0.05, 0.1) is 10.4 Å². The van der Waals surface area contributed by atoms with E-state index in [0.717, 1.165) is 18.2 Å². The molecule has 0 saturated heterocycles. The number of aliphatic hydroxyl groups is 1. The van der Waals surface area contributed by atoms with Crippen molar-refractivity contribution in [2.75, 3.05) is 12.3 Å². The Morgan fingerprint density at radius 2 is 1.82 bits per heavy atom. The summed E-state index contributed by atoms with van der Waals surface area (Å²) in [5.41, 5.74) is 10.0. The Morgan fingerprint density at radius 3 is 2.25 bits per heavy atom. The molecule has 2 rings (SSSR count). The molecule has 14 heteroatoms. The van der Waals surface area contributed by atoms with E-state index in [1.54, 1.807) is 17.5 Å². The summed E-state index contributed by atoms with van der Waals surface area (Å²) in [6.45, 7) is 5.80. The number of carboxylic acids is 1. The van der Waals surface area contributed by atoms with Crippen molar-refractivity contribution in [2.24, 2.45) is 0 Å². The number of carbonyl (C=O) groups is 1. The maximum Gasteiger partial charge on any atom is 0.466 e. The number of phosphoric acid groups is 1. The van der Waals surface area contributed by atoms with Crippen LogP contribution >= 0.6 is 31.6 Å². The summed E-state index contributed by atoms with van der Waals surface area (Å²) in [6, 6.07) is 0. The van der Waals surface area contributed by atoms with Crippen LogP contribution in [-0.2, 0) is 22.3 Å². The minimum Gasteiger partial charge on any atom is -0.481 e. The molecule has 0 aliphatic carbocycles. The maximum atomic E-state index is 9.00. The van der Waals surface area contributed by atoms with Gasteiger partial charge in [-0.2, -0.15) is 4.57 Å². The molecule has 0 aliphatic rings. The lowest BCUT2D eigenvalue weighted by molar-refractivity contribution is -0.689. The minimum atomic E-state index is -4.64. The average Bonchev–Trinajstić information content (AvgIpc) is 2.81. The van der Waals surface area contributed by atoms with Crippen LogP contribution in [0.4, 0.5) is 5.82 Å². The SMILES string of the molecule is CC(=O)O.Cc1ncc(C[n+]2csc(CCO)c2C)c(N)n1.Cl.O=P(O)(O)O. The molecule has 28 heavy (non-hydrogen) atoms. The van der Waals surface area contributed by atoms with Crippen LogP contribution in [0.25, 0.3) is 0 Å². The van der Waals surface area contributed by atoms with Gasteiger partial charge in [-0.1, -0.05) is 11.3 Å². The molecule has 0 spiro atoms. The number of anilines is 1. The molecule has 11 nitrogen and oxygen atoms in total. The molecule has 0 fully saturated rings. The second-order valence-electron chi connectivity index (χ2n) is 5.19. The fourth-order valence-electron chi connectivity index (χ4n) is 1.77. The number of aryl methyl sites for hydroxylation is 1. The summed E-state index contributed by atoms with van der Waals surface area (Å²) in [4.78, 5) is 40.1. The number of carboxylic acid groups (broad SMARTS) is 1. The fourth-order valence-corrected chi connectivity index (χ4v) is 2.75. The van der Waals surface area contributed by atoms with Gasteiger partial charge in [0.25, 0.3) is 5.97 Å². The van der Waals surface area contributed by atoms with E-state index in [4.69, 9.17) is 40.0 Å². The van der Waals surface area contributed by atoms with Crippen molar-refractivity contribution in [3.8, 4) is 0 Å². The minimum absolute atomic E-state index is 0. The molecule has 0 bridgehead atoms. The summed E-state index contributed by atoms with van der Waals surface area (Å²) in [5, 5.41) is 16.4. The second-order valence-corrected chi connectivity index (χ2v) is 7.16. The van der Waals surface area contributed by atoms with Gasteiger partial charge in [-0.3, -0.25) is 4.79 Å². The molecule has 0 unspecified atom stereocenters. The summed E-state index contributed by atoms with van der Waals surface area (Å²) >= 11 is 1.65. The Labute approximate surface area is 172 Å². The van der Waals surface area contributed by atoms with E-state index < -0.39 is 13.8 Å². The quantitative estimate of drug-likeness (QED) is 0.271. The Kier molecular flexibility index (Phi) is 13.8. The van der Waals surface area contributed by atoms with Crippen molar-refractivity contribution >= 4 is 43.4 Å². The summed E-state index contributed by atoms with van der Waals surface area (Å²) < 4.78 is 11.0. The Bertz CT molecular complexity index is 788. The van der Waals surface area contributed by atoms with Crippen LogP contribution < -0.4 is 10.3 Å². The highest BCUT2D eigenvalue weighted by Gasteiger charge is 2.16.